The Balaban J connectivity index is 1.98. The highest BCUT2D eigenvalue weighted by molar-refractivity contribution is 5.95. The fourth-order valence-corrected chi connectivity index (χ4v) is 2.07. The van der Waals surface area contributed by atoms with E-state index >= 15 is 0 Å². The Hall–Kier alpha value is -2.08. The molecule has 20 heavy (non-hydrogen) atoms. The minimum atomic E-state index is -0.313. The first-order valence-corrected chi connectivity index (χ1v) is 6.55. The van der Waals surface area contributed by atoms with Gasteiger partial charge in [0.05, 0.1) is 18.7 Å². The van der Waals surface area contributed by atoms with Gasteiger partial charge in [-0.3, -0.25) is 9.59 Å². The van der Waals surface area contributed by atoms with Crippen LogP contribution in [0.15, 0.2) is 18.2 Å². The van der Waals surface area contributed by atoms with E-state index < -0.39 is 0 Å². The van der Waals surface area contributed by atoms with Crippen LogP contribution in [0.3, 0.4) is 0 Å². The summed E-state index contributed by atoms with van der Waals surface area (Å²) >= 11 is 0. The number of carbonyl (C=O) groups excluding carboxylic acids is 2. The van der Waals surface area contributed by atoms with Crippen LogP contribution in [0.25, 0.3) is 0 Å². The number of hydrogen-bond donors (Lipinski definition) is 2. The number of rotatable bonds is 5. The molecule has 6 nitrogen and oxygen atoms in total. The quantitative estimate of drug-likeness (QED) is 0.779. The number of hydrogen-bond acceptors (Lipinski definition) is 5. The molecule has 0 saturated heterocycles. The molecule has 1 atom stereocenters. The highest BCUT2D eigenvalue weighted by Crippen LogP contribution is 2.28. The predicted octanol–water partition coefficient (Wildman–Crippen LogP) is 0.840. The van der Waals surface area contributed by atoms with Gasteiger partial charge in [-0.2, -0.15) is 0 Å². The van der Waals surface area contributed by atoms with E-state index in [4.69, 9.17) is 15.2 Å². The smallest absolute Gasteiger partial charge is 0.307 e. The number of nitrogens with one attached hydrogen (secondary N) is 1. The van der Waals surface area contributed by atoms with Gasteiger partial charge in [0.2, 0.25) is 0 Å². The van der Waals surface area contributed by atoms with Crippen molar-refractivity contribution in [1.82, 2.24) is 0 Å². The minimum Gasteiger partial charge on any atom is -0.482 e. The molecule has 108 valence electrons. The van der Waals surface area contributed by atoms with E-state index in [1.54, 1.807) is 13.0 Å². The summed E-state index contributed by atoms with van der Waals surface area (Å²) in [5.74, 6) is 0.174. The number of benzene rings is 1. The summed E-state index contributed by atoms with van der Waals surface area (Å²) in [5, 5.41) is 2.74. The van der Waals surface area contributed by atoms with Gasteiger partial charge in [-0.05, 0) is 31.0 Å². The van der Waals surface area contributed by atoms with E-state index in [-0.39, 0.29) is 30.9 Å². The molecule has 1 heterocycles. The van der Waals surface area contributed by atoms with Crippen LogP contribution in [-0.4, -0.2) is 31.1 Å². The largest absolute Gasteiger partial charge is 0.482 e. The Morgan fingerprint density at radius 3 is 3.10 bits per heavy atom. The second kappa shape index (κ2) is 6.38. The molecular weight excluding hydrogens is 260 g/mol. The molecule has 1 amide bonds. The van der Waals surface area contributed by atoms with E-state index in [1.807, 2.05) is 12.1 Å². The maximum Gasteiger partial charge on any atom is 0.307 e. The summed E-state index contributed by atoms with van der Waals surface area (Å²) in [6.45, 7) is 2.15. The molecule has 0 radical (unpaired) electrons. The Morgan fingerprint density at radius 2 is 2.35 bits per heavy atom. The lowest BCUT2D eigenvalue weighted by Crippen LogP contribution is -2.28. The highest BCUT2D eigenvalue weighted by atomic mass is 16.5. The first-order chi connectivity index (χ1) is 9.58. The van der Waals surface area contributed by atoms with Crippen molar-refractivity contribution < 1.29 is 19.1 Å². The standard InChI is InChI=1S/C14H18N2O4/c1-2-19-14(18)7-10(15)5-9-3-4-12-11(6-9)16-13(17)8-20-12/h3-4,6,10H,2,5,7-8,15H2,1H3,(H,16,17). The third kappa shape index (κ3) is 3.71. The molecule has 1 aromatic rings. The summed E-state index contributed by atoms with van der Waals surface area (Å²) in [4.78, 5) is 22.6. The van der Waals surface area contributed by atoms with Gasteiger partial charge in [0.15, 0.2) is 6.61 Å². The van der Waals surface area contributed by atoms with E-state index in [2.05, 4.69) is 5.32 Å². The van der Waals surface area contributed by atoms with Crippen LogP contribution in [0.5, 0.6) is 5.75 Å². The van der Waals surface area contributed by atoms with Crippen molar-refractivity contribution in [3.8, 4) is 5.75 Å². The average Bonchev–Trinajstić information content (AvgIpc) is 2.38. The topological polar surface area (TPSA) is 90.6 Å². The van der Waals surface area contributed by atoms with E-state index in [9.17, 15) is 9.59 Å². The fraction of sp³-hybridized carbons (Fsp3) is 0.429. The van der Waals surface area contributed by atoms with Crippen LogP contribution < -0.4 is 15.8 Å². The van der Waals surface area contributed by atoms with Crippen molar-refractivity contribution in [3.05, 3.63) is 23.8 Å². The van der Waals surface area contributed by atoms with E-state index in [1.165, 1.54) is 0 Å². The summed E-state index contributed by atoms with van der Waals surface area (Å²) in [7, 11) is 0. The van der Waals surface area contributed by atoms with Gasteiger partial charge >= 0.3 is 5.97 Å². The lowest BCUT2D eigenvalue weighted by atomic mass is 10.0. The molecule has 0 aliphatic carbocycles. The molecule has 0 aromatic heterocycles. The zero-order valence-electron chi connectivity index (χ0n) is 11.3. The van der Waals surface area contributed by atoms with Gasteiger partial charge in [0.1, 0.15) is 5.75 Å². The van der Waals surface area contributed by atoms with Gasteiger partial charge in [0.25, 0.3) is 5.91 Å². The molecule has 1 unspecified atom stereocenters. The van der Waals surface area contributed by atoms with Gasteiger partial charge in [-0.25, -0.2) is 0 Å². The zero-order chi connectivity index (χ0) is 14.5. The van der Waals surface area contributed by atoms with E-state index in [0.29, 0.717) is 24.5 Å². The molecule has 0 spiro atoms. The number of esters is 1. The lowest BCUT2D eigenvalue weighted by Gasteiger charge is -2.19. The first kappa shape index (κ1) is 14.3. The minimum absolute atomic E-state index is 0.0364. The number of anilines is 1. The Labute approximate surface area is 117 Å². The number of carbonyl (C=O) groups is 2. The van der Waals surface area contributed by atoms with Crippen molar-refractivity contribution in [1.29, 1.82) is 0 Å². The predicted molar refractivity (Wildman–Crippen MR) is 73.5 cm³/mol. The van der Waals surface area contributed by atoms with Crippen LogP contribution in [-0.2, 0) is 20.7 Å². The molecule has 1 aromatic carbocycles. The van der Waals surface area contributed by atoms with Crippen LogP contribution in [0.1, 0.15) is 18.9 Å². The number of amides is 1. The zero-order valence-corrected chi connectivity index (χ0v) is 11.3. The van der Waals surface area contributed by atoms with Gasteiger partial charge in [-0.15, -0.1) is 0 Å². The number of nitrogens with two attached hydrogens (primary N) is 1. The maximum atomic E-state index is 11.3. The molecule has 3 N–H and O–H groups in total. The lowest BCUT2D eigenvalue weighted by molar-refractivity contribution is -0.143. The molecule has 0 saturated carbocycles. The van der Waals surface area contributed by atoms with Crippen molar-refractivity contribution in [2.24, 2.45) is 5.73 Å². The molecule has 6 heteroatoms. The fourth-order valence-electron chi connectivity index (χ4n) is 2.07. The summed E-state index contributed by atoms with van der Waals surface area (Å²) in [6, 6.07) is 5.17. The number of ether oxygens (including phenoxy) is 2. The van der Waals surface area contributed by atoms with Gasteiger partial charge in [0, 0.05) is 6.04 Å². The molecule has 2 rings (SSSR count). The SMILES string of the molecule is CCOC(=O)CC(N)Cc1ccc2c(c1)NC(=O)CO2. The van der Waals surface area contributed by atoms with E-state index in [0.717, 1.165) is 5.56 Å². The molecular formula is C14H18N2O4. The number of fused-ring (bicyclic) bond motifs is 1. The summed E-state index contributed by atoms with van der Waals surface area (Å²) < 4.78 is 10.1. The highest BCUT2D eigenvalue weighted by Gasteiger charge is 2.17. The first-order valence-electron chi connectivity index (χ1n) is 6.55. The van der Waals surface area contributed by atoms with Crippen molar-refractivity contribution in [2.75, 3.05) is 18.5 Å². The maximum absolute atomic E-state index is 11.3. The molecule has 0 fully saturated rings. The third-order valence-electron chi connectivity index (χ3n) is 2.91. The average molecular weight is 278 g/mol. The monoisotopic (exact) mass is 278 g/mol. The van der Waals surface area contributed by atoms with Crippen molar-refractivity contribution in [3.63, 3.8) is 0 Å². The normalized spacial score (nSPS) is 14.8. The summed E-state index contributed by atoms with van der Waals surface area (Å²) in [6.07, 6.45) is 0.704. The Bertz CT molecular complexity index is 516. The summed E-state index contributed by atoms with van der Waals surface area (Å²) in [5.41, 5.74) is 7.50. The molecule has 1 aliphatic rings. The third-order valence-corrected chi connectivity index (χ3v) is 2.91. The van der Waals surface area contributed by atoms with Crippen LogP contribution in [0.4, 0.5) is 5.69 Å². The van der Waals surface area contributed by atoms with Crippen LogP contribution in [0.2, 0.25) is 0 Å². The molecule has 0 bridgehead atoms. The Kier molecular flexibility index (Phi) is 4.57. The second-order valence-electron chi connectivity index (χ2n) is 4.64. The van der Waals surface area contributed by atoms with Crippen LogP contribution >= 0.6 is 0 Å². The Morgan fingerprint density at radius 1 is 1.55 bits per heavy atom. The van der Waals surface area contributed by atoms with Crippen LogP contribution in [0, 0.1) is 0 Å². The van der Waals surface area contributed by atoms with Crippen molar-refractivity contribution in [2.45, 2.75) is 25.8 Å². The second-order valence-corrected chi connectivity index (χ2v) is 4.64. The molecule has 1 aliphatic heterocycles. The van der Waals surface area contributed by atoms with Gasteiger partial charge < -0.3 is 20.5 Å². The van der Waals surface area contributed by atoms with Gasteiger partial charge in [-0.1, -0.05) is 6.07 Å². The van der Waals surface area contributed by atoms with Crippen molar-refractivity contribution >= 4 is 17.6 Å².